The molecular formula is C9H19N3. The molecule has 0 saturated carbocycles. The summed E-state index contributed by atoms with van der Waals surface area (Å²) in [7, 11) is 5.48. The molecular weight excluding hydrogens is 150 g/mol. The Hall–Kier alpha value is -1.12. The van der Waals surface area contributed by atoms with E-state index in [1.807, 2.05) is 32.8 Å². The molecule has 0 aliphatic heterocycles. The van der Waals surface area contributed by atoms with Crippen molar-refractivity contribution in [1.29, 1.82) is 5.41 Å². The van der Waals surface area contributed by atoms with Crippen molar-refractivity contribution < 1.29 is 0 Å². The van der Waals surface area contributed by atoms with E-state index in [1.165, 1.54) is 6.21 Å². The second-order valence-corrected chi connectivity index (χ2v) is 2.04. The van der Waals surface area contributed by atoms with Crippen LogP contribution in [0.3, 0.4) is 0 Å². The van der Waals surface area contributed by atoms with Crippen LogP contribution in [0.2, 0.25) is 0 Å². The fraction of sp³-hybridized carbons (Fsp3) is 0.556. The van der Waals surface area contributed by atoms with Crippen LogP contribution < -0.4 is 0 Å². The molecule has 0 unspecified atom stereocenters. The molecule has 0 aromatic heterocycles. The van der Waals surface area contributed by atoms with Gasteiger partial charge >= 0.3 is 0 Å². The number of hydrogen-bond acceptors (Lipinski definition) is 3. The molecule has 0 saturated heterocycles. The average molecular weight is 169 g/mol. The fourth-order valence-electron chi connectivity index (χ4n) is 0.477. The average Bonchev–Trinajstić information content (AvgIpc) is 2.09. The van der Waals surface area contributed by atoms with Gasteiger partial charge in [-0.2, -0.15) is 0 Å². The number of nitrogens with one attached hydrogen (secondary N) is 1. The zero-order chi connectivity index (χ0) is 9.98. The van der Waals surface area contributed by atoms with Crippen LogP contribution in [0.1, 0.15) is 13.8 Å². The predicted octanol–water partition coefficient (Wildman–Crippen LogP) is 1.81. The minimum Gasteiger partial charge on any atom is -0.376 e. The Morgan fingerprint density at radius 3 is 2.08 bits per heavy atom. The van der Waals surface area contributed by atoms with Crippen molar-refractivity contribution in [2.45, 2.75) is 13.8 Å². The van der Waals surface area contributed by atoms with Gasteiger partial charge < -0.3 is 10.3 Å². The Kier molecular flexibility index (Phi) is 11.1. The molecule has 0 radical (unpaired) electrons. The standard InChI is InChI=1S/C7H13N3.C2H6/c1-9-5-4-7(6-8)10(2)3;1-2/h4-6,8H,1-3H3;1-2H3/b7-4+,8-6?,9-5?;. The lowest BCUT2D eigenvalue weighted by molar-refractivity contribution is 0.542. The van der Waals surface area contributed by atoms with E-state index in [2.05, 4.69) is 4.99 Å². The molecule has 0 bridgehead atoms. The second kappa shape index (κ2) is 9.88. The zero-order valence-electron chi connectivity index (χ0n) is 8.63. The van der Waals surface area contributed by atoms with E-state index >= 15 is 0 Å². The topological polar surface area (TPSA) is 39.5 Å². The van der Waals surface area contributed by atoms with E-state index in [0.717, 1.165) is 5.70 Å². The first kappa shape index (κ1) is 13.5. The van der Waals surface area contributed by atoms with E-state index < -0.39 is 0 Å². The molecule has 0 aliphatic carbocycles. The van der Waals surface area contributed by atoms with Crippen molar-refractivity contribution in [2.24, 2.45) is 4.99 Å². The van der Waals surface area contributed by atoms with Crippen molar-refractivity contribution in [3.63, 3.8) is 0 Å². The molecule has 0 atom stereocenters. The Morgan fingerprint density at radius 1 is 1.33 bits per heavy atom. The summed E-state index contributed by atoms with van der Waals surface area (Å²) < 4.78 is 0. The Morgan fingerprint density at radius 2 is 1.83 bits per heavy atom. The van der Waals surface area contributed by atoms with Crippen molar-refractivity contribution >= 4 is 12.4 Å². The van der Waals surface area contributed by atoms with Crippen LogP contribution in [0.4, 0.5) is 0 Å². The van der Waals surface area contributed by atoms with Gasteiger partial charge in [0.2, 0.25) is 0 Å². The van der Waals surface area contributed by atoms with Gasteiger partial charge in [-0.3, -0.25) is 4.99 Å². The Labute approximate surface area is 75.3 Å². The summed E-state index contributed by atoms with van der Waals surface area (Å²) in [6.07, 6.45) is 4.75. The van der Waals surface area contributed by atoms with Crippen molar-refractivity contribution in [2.75, 3.05) is 21.1 Å². The third-order valence-electron chi connectivity index (χ3n) is 1.06. The molecule has 70 valence electrons. The Bertz CT molecular complexity index is 157. The predicted molar refractivity (Wildman–Crippen MR) is 56.3 cm³/mol. The summed E-state index contributed by atoms with van der Waals surface area (Å²) in [5, 5.41) is 6.97. The zero-order valence-corrected chi connectivity index (χ0v) is 8.63. The van der Waals surface area contributed by atoms with E-state index in [4.69, 9.17) is 5.41 Å². The highest BCUT2D eigenvalue weighted by Crippen LogP contribution is 1.90. The van der Waals surface area contributed by atoms with Crippen LogP contribution >= 0.6 is 0 Å². The molecule has 0 amide bonds. The largest absolute Gasteiger partial charge is 0.376 e. The summed E-state index contributed by atoms with van der Waals surface area (Å²) in [5.41, 5.74) is 0.839. The summed E-state index contributed by atoms with van der Waals surface area (Å²) in [6, 6.07) is 0. The SMILES string of the molecule is CC.CN=C/C=C(\C=N)N(C)C. The van der Waals surface area contributed by atoms with Gasteiger partial charge in [0.25, 0.3) is 0 Å². The lowest BCUT2D eigenvalue weighted by atomic mass is 10.4. The molecule has 3 nitrogen and oxygen atoms in total. The maximum absolute atomic E-state index is 6.97. The van der Waals surface area contributed by atoms with Crippen LogP contribution in [-0.2, 0) is 0 Å². The van der Waals surface area contributed by atoms with Gasteiger partial charge in [0.05, 0.1) is 5.70 Å². The lowest BCUT2D eigenvalue weighted by Gasteiger charge is -2.10. The van der Waals surface area contributed by atoms with E-state index in [1.54, 1.807) is 19.3 Å². The summed E-state index contributed by atoms with van der Waals surface area (Å²) in [5.74, 6) is 0. The van der Waals surface area contributed by atoms with Crippen LogP contribution in [0, 0.1) is 5.41 Å². The highest BCUT2D eigenvalue weighted by atomic mass is 15.1. The van der Waals surface area contributed by atoms with Gasteiger partial charge in [0.15, 0.2) is 0 Å². The number of allylic oxidation sites excluding steroid dienone is 2. The van der Waals surface area contributed by atoms with Gasteiger partial charge in [-0.1, -0.05) is 13.8 Å². The summed E-state index contributed by atoms with van der Waals surface area (Å²) >= 11 is 0. The maximum Gasteiger partial charge on any atom is 0.0555 e. The highest BCUT2D eigenvalue weighted by Gasteiger charge is 1.90. The van der Waals surface area contributed by atoms with E-state index in [0.29, 0.717) is 0 Å². The minimum atomic E-state index is 0.839. The van der Waals surface area contributed by atoms with Gasteiger partial charge in [-0.25, -0.2) is 0 Å². The summed E-state index contributed by atoms with van der Waals surface area (Å²) in [6.45, 7) is 4.00. The number of nitrogens with zero attached hydrogens (tertiary/aromatic N) is 2. The van der Waals surface area contributed by atoms with Crippen LogP contribution in [0.5, 0.6) is 0 Å². The number of aliphatic imine (C=N–C) groups is 1. The normalized spacial score (nSPS) is 10.6. The number of rotatable bonds is 3. The molecule has 0 fully saturated rings. The lowest BCUT2D eigenvalue weighted by Crippen LogP contribution is -2.11. The second-order valence-electron chi connectivity index (χ2n) is 2.04. The van der Waals surface area contributed by atoms with E-state index in [9.17, 15) is 0 Å². The van der Waals surface area contributed by atoms with Crippen molar-refractivity contribution in [3.8, 4) is 0 Å². The molecule has 12 heavy (non-hydrogen) atoms. The third-order valence-corrected chi connectivity index (χ3v) is 1.06. The van der Waals surface area contributed by atoms with Gasteiger partial charge in [0.1, 0.15) is 0 Å². The molecule has 0 rings (SSSR count). The highest BCUT2D eigenvalue weighted by molar-refractivity contribution is 5.84. The van der Waals surface area contributed by atoms with Crippen molar-refractivity contribution in [3.05, 3.63) is 11.8 Å². The molecule has 0 aromatic carbocycles. The summed E-state index contributed by atoms with van der Waals surface area (Å²) in [4.78, 5) is 5.63. The monoisotopic (exact) mass is 169 g/mol. The first-order valence-electron chi connectivity index (χ1n) is 4.02. The molecule has 0 spiro atoms. The smallest absolute Gasteiger partial charge is 0.0555 e. The molecule has 0 aromatic rings. The molecule has 0 aliphatic rings. The minimum absolute atomic E-state index is 0.839. The van der Waals surface area contributed by atoms with Crippen LogP contribution in [-0.4, -0.2) is 38.5 Å². The van der Waals surface area contributed by atoms with Gasteiger partial charge in [-0.05, 0) is 6.08 Å². The first-order chi connectivity index (χ1) is 5.72. The van der Waals surface area contributed by atoms with Crippen molar-refractivity contribution in [1.82, 2.24) is 4.90 Å². The maximum atomic E-state index is 6.97. The molecule has 1 N–H and O–H groups in total. The van der Waals surface area contributed by atoms with Crippen LogP contribution in [0.25, 0.3) is 0 Å². The number of hydrogen-bond donors (Lipinski definition) is 1. The first-order valence-corrected chi connectivity index (χ1v) is 4.02. The Balaban J connectivity index is 0. The third kappa shape index (κ3) is 6.99. The van der Waals surface area contributed by atoms with E-state index in [-0.39, 0.29) is 0 Å². The van der Waals surface area contributed by atoms with Gasteiger partial charge in [-0.15, -0.1) is 0 Å². The van der Waals surface area contributed by atoms with Gasteiger partial charge in [0, 0.05) is 33.6 Å². The quantitative estimate of drug-likeness (QED) is 0.643. The molecule has 0 heterocycles. The van der Waals surface area contributed by atoms with Crippen LogP contribution in [0.15, 0.2) is 16.8 Å². The fourth-order valence-corrected chi connectivity index (χ4v) is 0.477. The molecule has 3 heteroatoms.